The van der Waals surface area contributed by atoms with E-state index >= 15 is 0 Å². The Hall–Kier alpha value is -5.44. The summed E-state index contributed by atoms with van der Waals surface area (Å²) in [5, 5.41) is 11.5. The van der Waals surface area contributed by atoms with E-state index in [4.69, 9.17) is 0 Å². The average molecular weight is 573 g/mol. The molecule has 0 saturated heterocycles. The topological polar surface area (TPSA) is 62.9 Å². The molecule has 7 aromatic rings. The van der Waals surface area contributed by atoms with Crippen LogP contribution in [0.2, 0.25) is 0 Å². The number of benzene rings is 6. The monoisotopic (exact) mass is 572 g/mol. The molecule has 0 amide bonds. The first-order valence-corrected chi connectivity index (χ1v) is 15.6. The molecule has 0 unspecified atom stereocenters. The molecule has 0 atom stereocenters. The molecule has 1 aliphatic rings. The predicted octanol–water partition coefficient (Wildman–Crippen LogP) is 8.18. The molecule has 1 aliphatic heterocycles. The second kappa shape index (κ2) is 9.29. The number of nitriles is 1. The van der Waals surface area contributed by atoms with Crippen molar-refractivity contribution in [1.82, 2.24) is 4.57 Å². The molecule has 2 heterocycles. The van der Waals surface area contributed by atoms with Gasteiger partial charge in [-0.15, -0.1) is 0 Å². The van der Waals surface area contributed by atoms with Gasteiger partial charge in [0.1, 0.15) is 0 Å². The van der Waals surface area contributed by atoms with E-state index < -0.39 is 15.3 Å². The van der Waals surface area contributed by atoms with Gasteiger partial charge in [-0.25, -0.2) is 8.42 Å². The van der Waals surface area contributed by atoms with Crippen LogP contribution in [0.3, 0.4) is 0 Å². The lowest BCUT2D eigenvalue weighted by Crippen LogP contribution is -2.37. The zero-order chi connectivity index (χ0) is 29.2. The Morgan fingerprint density at radius 3 is 1.81 bits per heavy atom. The summed E-state index contributed by atoms with van der Waals surface area (Å²) in [7, 11) is -3.73. The zero-order valence-corrected chi connectivity index (χ0v) is 23.8. The summed E-state index contributed by atoms with van der Waals surface area (Å²) in [5.74, 6) is 0. The number of hydrogen-bond acceptors (Lipinski definition) is 3. The van der Waals surface area contributed by atoms with Gasteiger partial charge in [-0.05, 0) is 76.9 Å². The summed E-state index contributed by atoms with van der Waals surface area (Å²) in [6.45, 7) is 0. The highest BCUT2D eigenvalue weighted by atomic mass is 32.2. The Morgan fingerprint density at radius 1 is 0.558 bits per heavy atom. The second-order valence-electron chi connectivity index (χ2n) is 10.9. The summed E-state index contributed by atoms with van der Waals surface area (Å²) in [4.78, 5) is 0.662. The number of para-hydroxylation sites is 1. The lowest BCUT2D eigenvalue weighted by atomic mass is 9.64. The quantitative estimate of drug-likeness (QED) is 0.214. The van der Waals surface area contributed by atoms with Crippen molar-refractivity contribution in [3.8, 4) is 11.8 Å². The number of rotatable bonds is 3. The van der Waals surface area contributed by atoms with Crippen LogP contribution in [0.25, 0.3) is 27.5 Å². The molecular weight excluding hydrogens is 548 g/mol. The van der Waals surface area contributed by atoms with Crippen LogP contribution in [0.15, 0.2) is 155 Å². The summed E-state index contributed by atoms with van der Waals surface area (Å²) in [6, 6.07) is 49.7. The number of hydrogen-bond donors (Lipinski definition) is 0. The van der Waals surface area contributed by atoms with Gasteiger partial charge >= 0.3 is 0 Å². The third-order valence-electron chi connectivity index (χ3n) is 8.73. The van der Waals surface area contributed by atoms with Crippen molar-refractivity contribution in [2.45, 2.75) is 15.2 Å². The van der Waals surface area contributed by atoms with Crippen molar-refractivity contribution < 1.29 is 8.42 Å². The maximum Gasteiger partial charge on any atom is 0.207 e. The molecule has 0 spiro atoms. The molecule has 4 nitrogen and oxygen atoms in total. The number of fused-ring (bicyclic) bond motifs is 5. The molecule has 6 aromatic carbocycles. The summed E-state index contributed by atoms with van der Waals surface area (Å²) < 4.78 is 30.3. The molecule has 5 heteroatoms. The summed E-state index contributed by atoms with van der Waals surface area (Å²) in [5.41, 5.74) is 6.28. The largest absolute Gasteiger partial charge is 0.309 e. The fourth-order valence-electron chi connectivity index (χ4n) is 6.93. The third kappa shape index (κ3) is 3.45. The number of aromatic nitrogens is 1. The minimum absolute atomic E-state index is 0.331. The van der Waals surface area contributed by atoms with E-state index in [0.717, 1.165) is 49.7 Å². The van der Waals surface area contributed by atoms with E-state index in [1.807, 2.05) is 78.9 Å². The molecule has 1 aromatic heterocycles. The van der Waals surface area contributed by atoms with Crippen molar-refractivity contribution in [3.63, 3.8) is 0 Å². The predicted molar refractivity (Wildman–Crippen MR) is 169 cm³/mol. The first kappa shape index (κ1) is 25.3. The SMILES string of the molecule is N#Cc1ccc(-n2c3ccccc3c3cc(C4(c5ccccc5)c5ccccc5S(=O)(=O)c5ccccc54)ccc32)cc1. The highest BCUT2D eigenvalue weighted by molar-refractivity contribution is 7.91. The molecule has 0 N–H and O–H groups in total. The first-order chi connectivity index (χ1) is 21.0. The van der Waals surface area contributed by atoms with E-state index in [0.29, 0.717) is 15.4 Å². The lowest BCUT2D eigenvalue weighted by Gasteiger charge is -2.41. The van der Waals surface area contributed by atoms with Crippen molar-refractivity contribution in [1.29, 1.82) is 5.26 Å². The summed E-state index contributed by atoms with van der Waals surface area (Å²) >= 11 is 0. The van der Waals surface area contributed by atoms with E-state index in [-0.39, 0.29) is 0 Å². The van der Waals surface area contributed by atoms with Crippen LogP contribution in [0.4, 0.5) is 0 Å². The van der Waals surface area contributed by atoms with E-state index in [2.05, 4.69) is 53.1 Å². The lowest BCUT2D eigenvalue weighted by molar-refractivity contribution is 0.579. The molecule has 43 heavy (non-hydrogen) atoms. The minimum Gasteiger partial charge on any atom is -0.309 e. The standard InChI is InChI=1S/C38H24N2O2S/c39-25-26-18-21-29(22-19-26)40-34-15-7-4-12-30(34)31-24-28(20-23-35(31)40)38(27-10-2-1-3-11-27)32-13-5-8-16-36(32)43(41,42)37-17-9-6-14-33(37)38/h1-24H. The van der Waals surface area contributed by atoms with Crippen LogP contribution in [0, 0.1) is 11.3 Å². The Balaban J connectivity index is 1.51. The van der Waals surface area contributed by atoms with Crippen molar-refractivity contribution in [3.05, 3.63) is 173 Å². The Labute approximate surface area is 249 Å². The molecule has 8 rings (SSSR count). The maximum absolute atomic E-state index is 14.0. The van der Waals surface area contributed by atoms with Crippen molar-refractivity contribution >= 4 is 31.6 Å². The highest BCUT2D eigenvalue weighted by Gasteiger charge is 2.48. The Morgan fingerprint density at radius 2 is 1.14 bits per heavy atom. The van der Waals surface area contributed by atoms with Crippen molar-refractivity contribution in [2.75, 3.05) is 0 Å². The molecule has 0 fully saturated rings. The molecule has 0 radical (unpaired) electrons. The smallest absolute Gasteiger partial charge is 0.207 e. The Kier molecular flexibility index (Phi) is 5.46. The number of sulfone groups is 1. The Bertz CT molecular complexity index is 2310. The summed E-state index contributed by atoms with van der Waals surface area (Å²) in [6.07, 6.45) is 0. The zero-order valence-electron chi connectivity index (χ0n) is 23.0. The van der Waals surface area contributed by atoms with Gasteiger partial charge in [0.2, 0.25) is 9.84 Å². The van der Waals surface area contributed by atoms with Crippen LogP contribution in [0.5, 0.6) is 0 Å². The van der Waals surface area contributed by atoms with Crippen LogP contribution in [0.1, 0.15) is 27.8 Å². The van der Waals surface area contributed by atoms with Gasteiger partial charge in [-0.3, -0.25) is 0 Å². The van der Waals surface area contributed by atoms with Crippen LogP contribution in [-0.4, -0.2) is 13.0 Å². The van der Waals surface area contributed by atoms with E-state index in [1.54, 1.807) is 24.3 Å². The van der Waals surface area contributed by atoms with Crippen LogP contribution in [-0.2, 0) is 15.3 Å². The maximum atomic E-state index is 14.0. The van der Waals surface area contributed by atoms with Gasteiger partial charge in [0, 0.05) is 16.5 Å². The van der Waals surface area contributed by atoms with Gasteiger partial charge in [-0.2, -0.15) is 5.26 Å². The number of nitrogens with zero attached hydrogens (tertiary/aromatic N) is 2. The second-order valence-corrected chi connectivity index (χ2v) is 12.7. The fourth-order valence-corrected chi connectivity index (χ4v) is 8.70. The van der Waals surface area contributed by atoms with Gasteiger partial charge in [-0.1, -0.05) is 91.0 Å². The first-order valence-electron chi connectivity index (χ1n) is 14.1. The average Bonchev–Trinajstić information content (AvgIpc) is 3.40. The van der Waals surface area contributed by atoms with E-state index in [1.165, 1.54) is 0 Å². The van der Waals surface area contributed by atoms with Gasteiger partial charge in [0.25, 0.3) is 0 Å². The van der Waals surface area contributed by atoms with Gasteiger partial charge < -0.3 is 4.57 Å². The molecular formula is C38H24N2O2S. The fraction of sp³-hybridized carbons (Fsp3) is 0.0263. The third-order valence-corrected chi connectivity index (χ3v) is 10.6. The molecule has 0 bridgehead atoms. The molecule has 0 saturated carbocycles. The van der Waals surface area contributed by atoms with Crippen LogP contribution < -0.4 is 0 Å². The normalized spacial score (nSPS) is 14.6. The van der Waals surface area contributed by atoms with Gasteiger partial charge in [0.05, 0.1) is 37.9 Å². The van der Waals surface area contributed by atoms with Crippen molar-refractivity contribution in [2.24, 2.45) is 0 Å². The van der Waals surface area contributed by atoms with Crippen LogP contribution >= 0.6 is 0 Å². The van der Waals surface area contributed by atoms with E-state index in [9.17, 15) is 13.7 Å². The van der Waals surface area contributed by atoms with Gasteiger partial charge in [0.15, 0.2) is 0 Å². The molecule has 0 aliphatic carbocycles. The molecule has 204 valence electrons. The highest BCUT2D eigenvalue weighted by Crippen LogP contribution is 2.54. The minimum atomic E-state index is -3.73.